The third-order valence-corrected chi connectivity index (χ3v) is 7.79. The molecule has 3 heterocycles. The second kappa shape index (κ2) is 12.0. The Hall–Kier alpha value is -5.09. The second-order valence-corrected chi connectivity index (χ2v) is 11.0. The first-order valence-electron chi connectivity index (χ1n) is 14.0. The number of hydrogen-bond donors (Lipinski definition) is 0. The van der Waals surface area contributed by atoms with E-state index in [-0.39, 0.29) is 5.56 Å². The molecule has 0 fully saturated rings. The minimum atomic E-state index is -0.448. The summed E-state index contributed by atoms with van der Waals surface area (Å²) in [6.45, 7) is 6.18. The minimum absolute atomic E-state index is 0.293. The summed E-state index contributed by atoms with van der Waals surface area (Å²) in [6, 6.07) is 22.8. The number of nitrogens with zero attached hydrogens (tertiary/aromatic N) is 5. The number of para-hydroxylation sites is 2. The number of fused-ring (bicyclic) bond motifs is 1. The van der Waals surface area contributed by atoms with E-state index < -0.39 is 5.97 Å². The van der Waals surface area contributed by atoms with Gasteiger partial charge in [-0.2, -0.15) is 14.6 Å². The summed E-state index contributed by atoms with van der Waals surface area (Å²) in [5.41, 5.74) is 4.63. The molecule has 216 valence electrons. The van der Waals surface area contributed by atoms with Crippen LogP contribution in [0.4, 0.5) is 0 Å². The van der Waals surface area contributed by atoms with E-state index in [1.165, 1.54) is 22.8 Å². The fraction of sp³-hybridized carbons (Fsp3) is 0.182. The molecule has 0 saturated heterocycles. The maximum atomic E-state index is 13.5. The molecule has 43 heavy (non-hydrogen) atoms. The molecule has 0 bridgehead atoms. The van der Waals surface area contributed by atoms with Gasteiger partial charge in [-0.1, -0.05) is 55.0 Å². The number of hydrogen-bond acceptors (Lipinski definition) is 8. The zero-order valence-corrected chi connectivity index (χ0v) is 24.8. The van der Waals surface area contributed by atoms with Crippen LogP contribution in [0, 0.1) is 6.92 Å². The van der Waals surface area contributed by atoms with Crippen molar-refractivity contribution in [2.75, 3.05) is 6.61 Å². The summed E-state index contributed by atoms with van der Waals surface area (Å²) in [7, 11) is 0. The van der Waals surface area contributed by atoms with Gasteiger partial charge in [0.15, 0.2) is 5.82 Å². The third kappa shape index (κ3) is 5.82. The van der Waals surface area contributed by atoms with Crippen LogP contribution in [0.3, 0.4) is 0 Å². The first kappa shape index (κ1) is 28.0. The van der Waals surface area contributed by atoms with Crippen molar-refractivity contribution in [1.29, 1.82) is 0 Å². The minimum Gasteiger partial charge on any atom is -0.494 e. The predicted octanol–water partition coefficient (Wildman–Crippen LogP) is 5.63. The molecule has 0 spiro atoms. The smallest absolute Gasteiger partial charge is 0.308 e. The van der Waals surface area contributed by atoms with Crippen LogP contribution in [-0.2, 0) is 4.79 Å². The van der Waals surface area contributed by atoms with Crippen molar-refractivity contribution in [2.45, 2.75) is 33.6 Å². The third-order valence-electron chi connectivity index (χ3n) is 6.83. The maximum Gasteiger partial charge on any atom is 0.308 e. The van der Waals surface area contributed by atoms with Gasteiger partial charge in [-0.15, -0.1) is 5.10 Å². The monoisotopic (exact) mass is 591 g/mol. The molecule has 0 aliphatic carbocycles. The number of rotatable bonds is 9. The number of carbonyl (C=O) groups is 1. The molecule has 0 aliphatic heterocycles. The largest absolute Gasteiger partial charge is 0.494 e. The van der Waals surface area contributed by atoms with Crippen LogP contribution in [0.1, 0.15) is 37.8 Å². The SMILES string of the molecule is CCCCOc1ccc(-c2nn(-c3ccccc3)cc2C=c2sc3nc(-c4ccccc4OC(C)=O)nn3c2=O)c(C)c1. The van der Waals surface area contributed by atoms with Crippen molar-refractivity contribution in [1.82, 2.24) is 24.4 Å². The van der Waals surface area contributed by atoms with Crippen molar-refractivity contribution < 1.29 is 14.3 Å². The van der Waals surface area contributed by atoms with Crippen molar-refractivity contribution in [3.05, 3.63) is 105 Å². The van der Waals surface area contributed by atoms with Gasteiger partial charge in [-0.05, 0) is 67.4 Å². The average Bonchev–Trinajstić information content (AvgIpc) is 3.69. The molecule has 0 N–H and O–H groups in total. The lowest BCUT2D eigenvalue weighted by molar-refractivity contribution is -0.131. The summed E-state index contributed by atoms with van der Waals surface area (Å²) >= 11 is 1.24. The first-order chi connectivity index (χ1) is 20.9. The van der Waals surface area contributed by atoms with E-state index in [2.05, 4.69) is 17.0 Å². The Morgan fingerprint density at radius 3 is 2.53 bits per heavy atom. The summed E-state index contributed by atoms with van der Waals surface area (Å²) in [4.78, 5) is 30.1. The Morgan fingerprint density at radius 1 is 1.00 bits per heavy atom. The quantitative estimate of drug-likeness (QED) is 0.122. The van der Waals surface area contributed by atoms with Gasteiger partial charge in [-0.25, -0.2) is 4.68 Å². The van der Waals surface area contributed by atoms with E-state index in [0.29, 0.717) is 33.2 Å². The fourth-order valence-corrected chi connectivity index (χ4v) is 5.62. The van der Waals surface area contributed by atoms with Crippen molar-refractivity contribution in [2.24, 2.45) is 0 Å². The van der Waals surface area contributed by atoms with E-state index in [1.807, 2.05) is 72.4 Å². The molecule has 0 radical (unpaired) electrons. The summed E-state index contributed by atoms with van der Waals surface area (Å²) in [6.07, 6.45) is 5.83. The van der Waals surface area contributed by atoms with Gasteiger partial charge in [0.25, 0.3) is 5.56 Å². The number of aryl methyl sites for hydroxylation is 1. The molecule has 10 heteroatoms. The number of benzene rings is 3. The molecule has 0 amide bonds. The molecular weight excluding hydrogens is 562 g/mol. The number of thiazole rings is 1. The van der Waals surface area contributed by atoms with Gasteiger partial charge in [0, 0.05) is 24.2 Å². The molecule has 3 aromatic heterocycles. The highest BCUT2D eigenvalue weighted by Crippen LogP contribution is 2.31. The molecule has 0 unspecified atom stereocenters. The van der Waals surface area contributed by atoms with Gasteiger partial charge in [0.2, 0.25) is 4.96 Å². The predicted molar refractivity (Wildman–Crippen MR) is 167 cm³/mol. The first-order valence-corrected chi connectivity index (χ1v) is 14.8. The summed E-state index contributed by atoms with van der Waals surface area (Å²) in [5, 5.41) is 9.40. The fourth-order valence-electron chi connectivity index (χ4n) is 4.73. The van der Waals surface area contributed by atoms with Crippen LogP contribution < -0.4 is 19.6 Å². The van der Waals surface area contributed by atoms with E-state index >= 15 is 0 Å². The van der Waals surface area contributed by atoms with Gasteiger partial charge in [0.05, 0.1) is 22.4 Å². The lowest BCUT2D eigenvalue weighted by atomic mass is 10.0. The number of carbonyl (C=O) groups excluding carboxylic acids is 1. The van der Waals surface area contributed by atoms with Crippen LogP contribution in [0.25, 0.3) is 39.4 Å². The van der Waals surface area contributed by atoms with Gasteiger partial charge >= 0.3 is 5.97 Å². The Balaban J connectivity index is 1.43. The molecule has 6 rings (SSSR count). The number of unbranched alkanes of at least 4 members (excludes halogenated alkanes) is 1. The Kier molecular flexibility index (Phi) is 7.84. The molecule has 9 nitrogen and oxygen atoms in total. The van der Waals surface area contributed by atoms with Gasteiger partial charge in [0.1, 0.15) is 17.2 Å². The Bertz CT molecular complexity index is 2040. The van der Waals surface area contributed by atoms with Crippen LogP contribution in [0.15, 0.2) is 83.8 Å². The number of esters is 1. The molecule has 3 aromatic carbocycles. The van der Waals surface area contributed by atoms with Crippen LogP contribution in [-0.4, -0.2) is 37.0 Å². The molecule has 0 atom stereocenters. The topological polar surface area (TPSA) is 101 Å². The number of ether oxygens (including phenoxy) is 2. The van der Waals surface area contributed by atoms with E-state index in [4.69, 9.17) is 14.6 Å². The van der Waals surface area contributed by atoms with Gasteiger partial charge < -0.3 is 9.47 Å². The zero-order chi connectivity index (χ0) is 29.9. The summed E-state index contributed by atoms with van der Waals surface area (Å²) in [5.74, 6) is 1.01. The van der Waals surface area contributed by atoms with E-state index in [1.54, 1.807) is 24.3 Å². The highest BCUT2D eigenvalue weighted by atomic mass is 32.1. The normalized spacial score (nSPS) is 11.7. The van der Waals surface area contributed by atoms with E-state index in [0.717, 1.165) is 46.7 Å². The molecule has 0 aliphatic rings. The number of aromatic nitrogens is 5. The molecule has 6 aromatic rings. The zero-order valence-electron chi connectivity index (χ0n) is 24.0. The highest BCUT2D eigenvalue weighted by molar-refractivity contribution is 7.15. The standard InChI is InChI=1S/C33H29N5O4S/c1-4-5-17-41-25-15-16-26(21(2)18-25)30-23(20-37(35-30)24-11-7-6-8-12-24)19-29-32(40)38-33(43-29)34-31(36-38)27-13-9-10-14-28(27)42-22(3)39/h6-16,18-20H,4-5,17H2,1-3H3. The van der Waals surface area contributed by atoms with Crippen LogP contribution in [0.5, 0.6) is 11.5 Å². The average molecular weight is 592 g/mol. The van der Waals surface area contributed by atoms with Crippen molar-refractivity contribution in [3.8, 4) is 39.8 Å². The van der Waals surface area contributed by atoms with E-state index in [9.17, 15) is 9.59 Å². The lowest BCUT2D eigenvalue weighted by Gasteiger charge is -2.09. The summed E-state index contributed by atoms with van der Waals surface area (Å²) < 4.78 is 14.8. The second-order valence-electron chi connectivity index (χ2n) is 10.0. The van der Waals surface area contributed by atoms with Crippen molar-refractivity contribution >= 4 is 28.3 Å². The van der Waals surface area contributed by atoms with Crippen LogP contribution >= 0.6 is 11.3 Å². The molecular formula is C33H29N5O4S. The Morgan fingerprint density at radius 2 is 1.79 bits per heavy atom. The van der Waals surface area contributed by atoms with Crippen molar-refractivity contribution in [3.63, 3.8) is 0 Å². The van der Waals surface area contributed by atoms with Crippen LogP contribution in [0.2, 0.25) is 0 Å². The maximum absolute atomic E-state index is 13.5. The molecule has 0 saturated carbocycles. The van der Waals surface area contributed by atoms with Gasteiger partial charge in [-0.3, -0.25) is 9.59 Å². The highest BCUT2D eigenvalue weighted by Gasteiger charge is 2.18. The lowest BCUT2D eigenvalue weighted by Crippen LogP contribution is -2.23. The Labute approximate surface area is 251 Å².